The van der Waals surface area contributed by atoms with Gasteiger partial charge in [-0.05, 0) is 81.8 Å². The highest BCUT2D eigenvalue weighted by Gasteiger charge is 2.29. The lowest BCUT2D eigenvalue weighted by molar-refractivity contribution is -0.119. The van der Waals surface area contributed by atoms with E-state index >= 15 is 0 Å². The van der Waals surface area contributed by atoms with Crippen LogP contribution in [0.1, 0.15) is 28.1 Å². The van der Waals surface area contributed by atoms with E-state index < -0.39 is 22.5 Å². The molecule has 4 aromatic rings. The van der Waals surface area contributed by atoms with Crippen LogP contribution in [0.5, 0.6) is 5.75 Å². The van der Waals surface area contributed by atoms with Crippen molar-refractivity contribution in [2.24, 2.45) is 5.10 Å². The monoisotopic (exact) mass is 612 g/mol. The van der Waals surface area contributed by atoms with Crippen molar-refractivity contribution in [3.8, 4) is 11.4 Å². The quantitative estimate of drug-likeness (QED) is 0.175. The highest BCUT2D eigenvalue weighted by Crippen LogP contribution is 2.33. The van der Waals surface area contributed by atoms with Gasteiger partial charge in [0.2, 0.25) is 0 Å². The number of hydrazone groups is 1. The summed E-state index contributed by atoms with van der Waals surface area (Å²) in [5, 5.41) is 5.20. The van der Waals surface area contributed by atoms with Crippen LogP contribution in [0.2, 0.25) is 10.0 Å². The van der Waals surface area contributed by atoms with Crippen molar-refractivity contribution in [3.63, 3.8) is 0 Å². The predicted molar refractivity (Wildman–Crippen MR) is 164 cm³/mol. The van der Waals surface area contributed by atoms with Gasteiger partial charge >= 0.3 is 0 Å². The summed E-state index contributed by atoms with van der Waals surface area (Å²) in [6.45, 7) is 6.99. The van der Waals surface area contributed by atoms with Gasteiger partial charge in [0, 0.05) is 22.0 Å². The molecule has 1 heterocycles. The zero-order chi connectivity index (χ0) is 29.9. The molecule has 0 radical (unpaired) electrons. The molecule has 1 aromatic heterocycles. The summed E-state index contributed by atoms with van der Waals surface area (Å²) in [4.78, 5) is 13.1. The van der Waals surface area contributed by atoms with Gasteiger partial charge in [0.1, 0.15) is 12.3 Å². The highest BCUT2D eigenvalue weighted by atomic mass is 35.5. The topological polar surface area (TPSA) is 93.0 Å². The van der Waals surface area contributed by atoms with E-state index in [1.165, 1.54) is 25.5 Å². The maximum Gasteiger partial charge on any atom is 0.264 e. The average Bonchev–Trinajstić information content (AvgIpc) is 3.21. The van der Waals surface area contributed by atoms with Gasteiger partial charge in [0.25, 0.3) is 15.9 Å². The van der Waals surface area contributed by atoms with Gasteiger partial charge in [0.15, 0.2) is 0 Å². The SMILES string of the molecule is COc1ccc(C)cc1N(CC(=O)N/N=C\c1cc(C)n(-c2cc(Cl)ccc2Cl)c1C)S(=O)(=O)c1ccc(C)cc1. The zero-order valence-electron chi connectivity index (χ0n) is 23.3. The van der Waals surface area contributed by atoms with Crippen molar-refractivity contribution in [2.45, 2.75) is 32.6 Å². The van der Waals surface area contributed by atoms with Crippen LogP contribution in [0.15, 0.2) is 76.7 Å². The second kappa shape index (κ2) is 12.4. The van der Waals surface area contributed by atoms with Gasteiger partial charge in [-0.15, -0.1) is 0 Å². The van der Waals surface area contributed by atoms with E-state index in [1.54, 1.807) is 48.5 Å². The first-order valence-electron chi connectivity index (χ1n) is 12.6. The molecule has 8 nitrogen and oxygen atoms in total. The van der Waals surface area contributed by atoms with Gasteiger partial charge in [-0.1, -0.05) is 47.0 Å². The lowest BCUT2D eigenvalue weighted by atomic mass is 10.2. The number of nitrogens with one attached hydrogen (secondary N) is 1. The summed E-state index contributed by atoms with van der Waals surface area (Å²) in [5.74, 6) is -0.318. The molecular formula is C30H30Cl2N4O4S. The third-order valence-electron chi connectivity index (χ3n) is 6.51. The summed E-state index contributed by atoms with van der Waals surface area (Å²) in [5.41, 5.74) is 7.60. The number of benzene rings is 3. The van der Waals surface area contributed by atoms with Crippen LogP contribution >= 0.6 is 23.2 Å². The molecule has 41 heavy (non-hydrogen) atoms. The molecule has 0 bridgehead atoms. The number of amides is 1. The third-order valence-corrected chi connectivity index (χ3v) is 8.84. The Balaban J connectivity index is 1.62. The Hall–Kier alpha value is -3.79. The molecule has 1 amide bonds. The number of nitrogens with zero attached hydrogens (tertiary/aromatic N) is 3. The first-order valence-corrected chi connectivity index (χ1v) is 14.8. The van der Waals surface area contributed by atoms with Crippen LogP contribution in [0.4, 0.5) is 5.69 Å². The summed E-state index contributed by atoms with van der Waals surface area (Å²) in [7, 11) is -2.68. The second-order valence-electron chi connectivity index (χ2n) is 9.55. The van der Waals surface area contributed by atoms with E-state index in [-0.39, 0.29) is 10.6 Å². The molecule has 0 unspecified atom stereocenters. The first-order chi connectivity index (χ1) is 19.4. The van der Waals surface area contributed by atoms with Crippen LogP contribution in [0.3, 0.4) is 0 Å². The van der Waals surface area contributed by atoms with Gasteiger partial charge in [-0.2, -0.15) is 5.10 Å². The number of sulfonamides is 1. The van der Waals surface area contributed by atoms with E-state index in [0.29, 0.717) is 15.8 Å². The van der Waals surface area contributed by atoms with E-state index in [0.717, 1.165) is 38.1 Å². The van der Waals surface area contributed by atoms with Gasteiger partial charge in [-0.3, -0.25) is 9.10 Å². The molecule has 3 aromatic carbocycles. The fourth-order valence-electron chi connectivity index (χ4n) is 4.42. The molecule has 214 valence electrons. The standard InChI is InChI=1S/C30H30Cl2N4O4S/c1-19-6-10-25(11-7-19)41(38,39)35(28-14-20(2)8-13-29(28)40-5)18-30(37)34-33-17-23-15-21(3)36(22(23)4)27-16-24(31)9-12-26(27)32/h6-17H,18H2,1-5H3,(H,34,37)/b33-17-. The number of carbonyl (C=O) groups is 1. The number of halogens is 2. The second-order valence-corrected chi connectivity index (χ2v) is 12.3. The fraction of sp³-hybridized carbons (Fsp3) is 0.200. The Morgan fingerprint density at radius 2 is 1.66 bits per heavy atom. The maximum atomic E-state index is 13.8. The van der Waals surface area contributed by atoms with Crippen LogP contribution in [-0.2, 0) is 14.8 Å². The van der Waals surface area contributed by atoms with Gasteiger partial charge in [-0.25, -0.2) is 13.8 Å². The number of hydrogen-bond donors (Lipinski definition) is 1. The summed E-state index contributed by atoms with van der Waals surface area (Å²) < 4.78 is 35.9. The Kier molecular flexibility index (Phi) is 9.11. The van der Waals surface area contributed by atoms with Crippen molar-refractivity contribution in [3.05, 3.63) is 105 Å². The molecule has 4 rings (SSSR count). The van der Waals surface area contributed by atoms with E-state index in [4.69, 9.17) is 27.9 Å². The Morgan fingerprint density at radius 3 is 2.34 bits per heavy atom. The minimum absolute atomic E-state index is 0.0510. The number of hydrogen-bond acceptors (Lipinski definition) is 5. The number of anilines is 1. The minimum atomic E-state index is -4.13. The first kappa shape index (κ1) is 30.2. The lowest BCUT2D eigenvalue weighted by Gasteiger charge is -2.25. The van der Waals surface area contributed by atoms with Crippen molar-refractivity contribution >= 4 is 51.0 Å². The normalized spacial score (nSPS) is 11.6. The Morgan fingerprint density at radius 1 is 0.976 bits per heavy atom. The molecule has 0 aliphatic heterocycles. The number of rotatable bonds is 9. The number of ether oxygens (including phenoxy) is 1. The van der Waals surface area contributed by atoms with Crippen LogP contribution in [0, 0.1) is 27.7 Å². The summed E-state index contributed by atoms with van der Waals surface area (Å²) >= 11 is 12.6. The smallest absolute Gasteiger partial charge is 0.264 e. The molecule has 0 spiro atoms. The molecule has 0 aliphatic rings. The number of aromatic nitrogens is 1. The predicted octanol–water partition coefficient (Wildman–Crippen LogP) is 6.37. The molecule has 0 aliphatic carbocycles. The number of methoxy groups -OCH3 is 1. The molecule has 0 saturated carbocycles. The Bertz CT molecular complexity index is 1730. The molecule has 1 N–H and O–H groups in total. The number of aryl methyl sites for hydroxylation is 3. The van der Waals surface area contributed by atoms with E-state index in [2.05, 4.69) is 10.5 Å². The summed E-state index contributed by atoms with van der Waals surface area (Å²) in [6, 6.07) is 18.7. The molecule has 11 heteroatoms. The summed E-state index contributed by atoms with van der Waals surface area (Å²) in [6.07, 6.45) is 1.50. The van der Waals surface area contributed by atoms with E-state index in [1.807, 2.05) is 38.3 Å². The molecule has 0 saturated heterocycles. The minimum Gasteiger partial charge on any atom is -0.495 e. The third kappa shape index (κ3) is 6.59. The Labute approximate surface area is 250 Å². The molecule has 0 atom stereocenters. The van der Waals surface area contributed by atoms with Crippen LogP contribution in [-0.4, -0.2) is 38.8 Å². The maximum absolute atomic E-state index is 13.8. The lowest BCUT2D eigenvalue weighted by Crippen LogP contribution is -2.39. The zero-order valence-corrected chi connectivity index (χ0v) is 25.6. The largest absolute Gasteiger partial charge is 0.495 e. The van der Waals surface area contributed by atoms with Crippen molar-refractivity contribution in [2.75, 3.05) is 18.0 Å². The van der Waals surface area contributed by atoms with Crippen LogP contribution in [0.25, 0.3) is 5.69 Å². The van der Waals surface area contributed by atoms with Gasteiger partial charge < -0.3 is 9.30 Å². The van der Waals surface area contributed by atoms with Crippen molar-refractivity contribution in [1.29, 1.82) is 0 Å². The van der Waals surface area contributed by atoms with Gasteiger partial charge in [0.05, 0.1) is 34.6 Å². The highest BCUT2D eigenvalue weighted by molar-refractivity contribution is 7.92. The molecule has 0 fully saturated rings. The average molecular weight is 614 g/mol. The fourth-order valence-corrected chi connectivity index (χ4v) is 6.21. The van der Waals surface area contributed by atoms with Crippen LogP contribution < -0.4 is 14.5 Å². The van der Waals surface area contributed by atoms with Crippen molar-refractivity contribution < 1.29 is 17.9 Å². The van der Waals surface area contributed by atoms with E-state index in [9.17, 15) is 13.2 Å². The van der Waals surface area contributed by atoms with Crippen molar-refractivity contribution in [1.82, 2.24) is 9.99 Å². The number of carbonyl (C=O) groups excluding carboxylic acids is 1. The molecular weight excluding hydrogens is 583 g/mol.